The van der Waals surface area contributed by atoms with Crippen molar-refractivity contribution in [2.45, 2.75) is 38.3 Å². The lowest BCUT2D eigenvalue weighted by Gasteiger charge is -2.38. The van der Waals surface area contributed by atoms with Crippen LogP contribution in [0.15, 0.2) is 0 Å². The van der Waals surface area contributed by atoms with Gasteiger partial charge in [0, 0.05) is 25.7 Å². The highest BCUT2D eigenvalue weighted by atomic mass is 16.2. The molecule has 0 radical (unpaired) electrons. The predicted octanol–water partition coefficient (Wildman–Crippen LogP) is 0.431. The molecule has 106 valence electrons. The zero-order valence-electron chi connectivity index (χ0n) is 12.1. The third kappa shape index (κ3) is 3.46. The topological polar surface area (TPSA) is 59.4 Å². The summed E-state index contributed by atoms with van der Waals surface area (Å²) in [6.45, 7) is 7.29. The second kappa shape index (κ2) is 5.48. The normalized spacial score (nSPS) is 28.4. The van der Waals surface area contributed by atoms with Crippen LogP contribution in [0.4, 0.5) is 0 Å². The Balaban J connectivity index is 1.86. The first-order valence-electron chi connectivity index (χ1n) is 7.09. The van der Waals surface area contributed by atoms with Crippen molar-refractivity contribution in [3.8, 4) is 6.07 Å². The van der Waals surface area contributed by atoms with Crippen LogP contribution in [-0.4, -0.2) is 60.5 Å². The maximum atomic E-state index is 12.1. The summed E-state index contributed by atoms with van der Waals surface area (Å²) in [5.41, 5.74) is -0.674. The van der Waals surface area contributed by atoms with E-state index in [-0.39, 0.29) is 5.91 Å². The molecule has 2 fully saturated rings. The summed E-state index contributed by atoms with van der Waals surface area (Å²) in [7, 11) is 2.10. The molecule has 5 heteroatoms. The molecule has 19 heavy (non-hydrogen) atoms. The van der Waals surface area contributed by atoms with Crippen LogP contribution in [-0.2, 0) is 4.79 Å². The SMILES string of the molecule is C[C@@H]1CN(C)CCN1CC(=O)N[C@@](C)(C#N)C1CC1. The van der Waals surface area contributed by atoms with Gasteiger partial charge in [0.05, 0.1) is 12.6 Å². The molecule has 2 rings (SSSR count). The number of nitrogens with zero attached hydrogens (tertiary/aromatic N) is 3. The highest BCUT2D eigenvalue weighted by molar-refractivity contribution is 5.79. The van der Waals surface area contributed by atoms with Gasteiger partial charge >= 0.3 is 0 Å². The molecule has 1 amide bonds. The monoisotopic (exact) mass is 264 g/mol. The van der Waals surface area contributed by atoms with Crippen molar-refractivity contribution >= 4 is 5.91 Å². The van der Waals surface area contributed by atoms with E-state index in [0.29, 0.717) is 18.5 Å². The molecule has 5 nitrogen and oxygen atoms in total. The van der Waals surface area contributed by atoms with Gasteiger partial charge in [-0.05, 0) is 39.7 Å². The third-order valence-corrected chi connectivity index (χ3v) is 4.34. The first-order valence-corrected chi connectivity index (χ1v) is 7.09. The highest BCUT2D eigenvalue weighted by Gasteiger charge is 2.43. The highest BCUT2D eigenvalue weighted by Crippen LogP contribution is 2.39. The molecule has 0 aromatic carbocycles. The maximum absolute atomic E-state index is 12.1. The van der Waals surface area contributed by atoms with E-state index in [0.717, 1.165) is 32.5 Å². The lowest BCUT2D eigenvalue weighted by molar-refractivity contribution is -0.124. The lowest BCUT2D eigenvalue weighted by atomic mass is 9.98. The number of nitrogens with one attached hydrogen (secondary N) is 1. The number of hydrogen-bond donors (Lipinski definition) is 1. The fourth-order valence-electron chi connectivity index (χ4n) is 2.81. The molecule has 0 aromatic heterocycles. The van der Waals surface area contributed by atoms with Crippen molar-refractivity contribution in [1.82, 2.24) is 15.1 Å². The smallest absolute Gasteiger partial charge is 0.235 e. The van der Waals surface area contributed by atoms with E-state index in [9.17, 15) is 10.1 Å². The van der Waals surface area contributed by atoms with Crippen LogP contribution in [0.25, 0.3) is 0 Å². The molecule has 0 bridgehead atoms. The van der Waals surface area contributed by atoms with Gasteiger partial charge in [-0.2, -0.15) is 5.26 Å². The van der Waals surface area contributed by atoms with Crippen molar-refractivity contribution in [2.75, 3.05) is 33.2 Å². The number of rotatable bonds is 4. The van der Waals surface area contributed by atoms with Gasteiger partial charge in [-0.15, -0.1) is 0 Å². The average molecular weight is 264 g/mol. The Hall–Kier alpha value is -1.12. The Morgan fingerprint density at radius 2 is 2.16 bits per heavy atom. The van der Waals surface area contributed by atoms with E-state index in [1.54, 1.807) is 0 Å². The van der Waals surface area contributed by atoms with Crippen molar-refractivity contribution in [3.63, 3.8) is 0 Å². The summed E-state index contributed by atoms with van der Waals surface area (Å²) >= 11 is 0. The third-order valence-electron chi connectivity index (χ3n) is 4.34. The van der Waals surface area contributed by atoms with Gasteiger partial charge in [0.25, 0.3) is 0 Å². The van der Waals surface area contributed by atoms with Gasteiger partial charge in [0.2, 0.25) is 5.91 Å². The van der Waals surface area contributed by atoms with Crippen molar-refractivity contribution < 1.29 is 4.79 Å². The van der Waals surface area contributed by atoms with Crippen LogP contribution < -0.4 is 5.32 Å². The molecular weight excluding hydrogens is 240 g/mol. The predicted molar refractivity (Wildman–Crippen MR) is 73.4 cm³/mol. The van der Waals surface area contributed by atoms with Crippen molar-refractivity contribution in [3.05, 3.63) is 0 Å². The molecule has 0 unspecified atom stereocenters. The zero-order valence-corrected chi connectivity index (χ0v) is 12.1. The standard InChI is InChI=1S/C14H24N4O/c1-11-8-17(3)6-7-18(11)9-13(19)16-14(2,10-15)12-4-5-12/h11-12H,4-9H2,1-3H3,(H,16,19)/t11-,14+/m1/s1. The van der Waals surface area contributed by atoms with Crippen molar-refractivity contribution in [2.24, 2.45) is 5.92 Å². The quantitative estimate of drug-likeness (QED) is 0.800. The van der Waals surface area contributed by atoms with Gasteiger partial charge in [0.15, 0.2) is 0 Å². The second-order valence-corrected chi connectivity index (χ2v) is 6.22. The average Bonchev–Trinajstić information content (AvgIpc) is 3.17. The summed E-state index contributed by atoms with van der Waals surface area (Å²) in [6, 6.07) is 2.66. The molecule has 1 aliphatic heterocycles. The van der Waals surface area contributed by atoms with Gasteiger partial charge < -0.3 is 10.2 Å². The summed E-state index contributed by atoms with van der Waals surface area (Å²) in [5.74, 6) is 0.318. The summed E-state index contributed by atoms with van der Waals surface area (Å²) in [6.07, 6.45) is 2.10. The van der Waals surface area contributed by atoms with Crippen molar-refractivity contribution in [1.29, 1.82) is 5.26 Å². The number of carbonyl (C=O) groups excluding carboxylic acids is 1. The first-order chi connectivity index (χ1) is 8.94. The molecular formula is C14H24N4O. The Morgan fingerprint density at radius 3 is 2.68 bits per heavy atom. The molecule has 1 heterocycles. The second-order valence-electron chi connectivity index (χ2n) is 6.22. The van der Waals surface area contributed by atoms with E-state index < -0.39 is 5.54 Å². The minimum Gasteiger partial charge on any atom is -0.337 e. The van der Waals surface area contributed by atoms with E-state index >= 15 is 0 Å². The van der Waals surface area contributed by atoms with E-state index in [1.807, 2.05) is 6.92 Å². The summed E-state index contributed by atoms with van der Waals surface area (Å²) in [4.78, 5) is 16.6. The number of carbonyl (C=O) groups is 1. The molecule has 1 saturated heterocycles. The minimum absolute atomic E-state index is 0.0210. The number of likely N-dealkylation sites (N-methyl/N-ethyl adjacent to an activating group) is 1. The van der Waals surface area contributed by atoms with Gasteiger partial charge in [-0.3, -0.25) is 9.69 Å². The molecule has 1 saturated carbocycles. The van der Waals surface area contributed by atoms with Gasteiger partial charge in [-0.1, -0.05) is 0 Å². The minimum atomic E-state index is -0.674. The fourth-order valence-corrected chi connectivity index (χ4v) is 2.81. The molecule has 2 atom stereocenters. The lowest BCUT2D eigenvalue weighted by Crippen LogP contribution is -2.55. The maximum Gasteiger partial charge on any atom is 0.235 e. The number of nitriles is 1. The Bertz CT molecular complexity index is 387. The Labute approximate surface area is 115 Å². The van der Waals surface area contributed by atoms with Crippen LogP contribution >= 0.6 is 0 Å². The van der Waals surface area contributed by atoms with Gasteiger partial charge in [-0.25, -0.2) is 0 Å². The first kappa shape index (κ1) is 14.3. The Kier molecular flexibility index (Phi) is 4.12. The molecule has 1 N–H and O–H groups in total. The van der Waals surface area contributed by atoms with Gasteiger partial charge in [0.1, 0.15) is 5.54 Å². The summed E-state index contributed by atoms with van der Waals surface area (Å²) in [5, 5.41) is 12.2. The summed E-state index contributed by atoms with van der Waals surface area (Å²) < 4.78 is 0. The van der Waals surface area contributed by atoms with Crippen LogP contribution in [0.2, 0.25) is 0 Å². The Morgan fingerprint density at radius 1 is 1.47 bits per heavy atom. The van der Waals surface area contributed by atoms with Crippen LogP contribution in [0.1, 0.15) is 26.7 Å². The van der Waals surface area contributed by atoms with E-state index in [2.05, 4.69) is 35.2 Å². The molecule has 0 aromatic rings. The number of hydrogen-bond acceptors (Lipinski definition) is 4. The largest absolute Gasteiger partial charge is 0.337 e. The number of piperazine rings is 1. The van der Waals surface area contributed by atoms with E-state index in [4.69, 9.17) is 0 Å². The molecule has 1 aliphatic carbocycles. The molecule has 2 aliphatic rings. The zero-order chi connectivity index (χ0) is 14.0. The fraction of sp³-hybridized carbons (Fsp3) is 0.857. The van der Waals surface area contributed by atoms with E-state index in [1.165, 1.54) is 0 Å². The van der Waals surface area contributed by atoms with Crippen LogP contribution in [0, 0.1) is 17.2 Å². The number of amides is 1. The van der Waals surface area contributed by atoms with Crippen LogP contribution in [0.5, 0.6) is 0 Å². The van der Waals surface area contributed by atoms with Crippen LogP contribution in [0.3, 0.4) is 0 Å². The molecule has 0 spiro atoms.